The van der Waals surface area contributed by atoms with Crippen LogP contribution in [0.3, 0.4) is 0 Å². The number of rotatable bonds is 1. The molecule has 1 fully saturated rings. The number of anilines is 1. The van der Waals surface area contributed by atoms with Gasteiger partial charge in [-0.05, 0) is 23.1 Å². The van der Waals surface area contributed by atoms with Gasteiger partial charge in [-0.1, -0.05) is 32.9 Å². The molecule has 0 aromatic heterocycles. The molecule has 0 unspecified atom stereocenters. The third-order valence-electron chi connectivity index (χ3n) is 3.82. The highest BCUT2D eigenvalue weighted by Gasteiger charge is 2.19. The third-order valence-corrected chi connectivity index (χ3v) is 3.82. The second-order valence-electron chi connectivity index (χ2n) is 6.29. The molecule has 0 aliphatic carbocycles. The quantitative estimate of drug-likeness (QED) is 0.775. The number of piperazine rings is 1. The lowest BCUT2D eigenvalue weighted by atomic mass is 9.87. The summed E-state index contributed by atoms with van der Waals surface area (Å²) in [5, 5.41) is 0. The topological polar surface area (TPSA) is 23.6 Å². The van der Waals surface area contributed by atoms with Crippen LogP contribution in [0, 0.1) is 0 Å². The van der Waals surface area contributed by atoms with Crippen molar-refractivity contribution in [3.8, 4) is 0 Å². The summed E-state index contributed by atoms with van der Waals surface area (Å²) in [5.41, 5.74) is 2.82. The Hall–Kier alpha value is -1.51. The van der Waals surface area contributed by atoms with Gasteiger partial charge in [-0.3, -0.25) is 4.79 Å². The number of benzene rings is 1. The van der Waals surface area contributed by atoms with Crippen molar-refractivity contribution >= 4 is 11.6 Å². The summed E-state index contributed by atoms with van der Waals surface area (Å²) in [5.74, 6) is 0.183. The maximum atomic E-state index is 11.3. The van der Waals surface area contributed by atoms with Crippen LogP contribution in [-0.2, 0) is 10.2 Å². The van der Waals surface area contributed by atoms with Gasteiger partial charge in [0, 0.05) is 38.8 Å². The van der Waals surface area contributed by atoms with Crippen molar-refractivity contribution in [2.75, 3.05) is 31.1 Å². The highest BCUT2D eigenvalue weighted by atomic mass is 16.2. The third kappa shape index (κ3) is 3.28. The van der Waals surface area contributed by atoms with Crippen LogP contribution in [0.25, 0.3) is 0 Å². The van der Waals surface area contributed by atoms with Crippen LogP contribution in [0.15, 0.2) is 24.3 Å². The Morgan fingerprint density at radius 2 is 1.53 bits per heavy atom. The number of nitrogens with zero attached hydrogens (tertiary/aromatic N) is 2. The molecule has 3 nitrogen and oxygen atoms in total. The van der Waals surface area contributed by atoms with E-state index >= 15 is 0 Å². The van der Waals surface area contributed by atoms with E-state index in [0.29, 0.717) is 0 Å². The van der Waals surface area contributed by atoms with Gasteiger partial charge in [0.25, 0.3) is 0 Å². The van der Waals surface area contributed by atoms with Crippen LogP contribution in [0.5, 0.6) is 0 Å². The lowest BCUT2D eigenvalue weighted by Crippen LogP contribution is -2.48. The maximum absolute atomic E-state index is 11.3. The molecular formula is C16H24N2O. The summed E-state index contributed by atoms with van der Waals surface area (Å²) in [6.07, 6.45) is 0. The second-order valence-corrected chi connectivity index (χ2v) is 6.29. The standard InChI is InChI=1S/C16H24N2O/c1-13(19)17-9-11-18(12-10-17)15-7-5-14(6-8-15)16(2,3)4/h5-8H,9-12H2,1-4H3. The maximum Gasteiger partial charge on any atom is 0.219 e. The minimum Gasteiger partial charge on any atom is -0.368 e. The van der Waals surface area contributed by atoms with E-state index in [9.17, 15) is 4.79 Å². The molecule has 1 saturated heterocycles. The Labute approximate surface area is 116 Å². The molecule has 2 rings (SSSR count). The molecule has 0 spiro atoms. The number of carbonyl (C=O) groups is 1. The zero-order chi connectivity index (χ0) is 14.0. The molecule has 0 atom stereocenters. The van der Waals surface area contributed by atoms with Crippen molar-refractivity contribution in [3.63, 3.8) is 0 Å². The Bertz CT molecular complexity index is 437. The first-order valence-corrected chi connectivity index (χ1v) is 6.99. The molecule has 1 aromatic carbocycles. The van der Waals surface area contributed by atoms with Gasteiger partial charge in [0.05, 0.1) is 0 Å². The summed E-state index contributed by atoms with van der Waals surface area (Å²) in [6, 6.07) is 8.83. The van der Waals surface area contributed by atoms with Crippen molar-refractivity contribution in [1.82, 2.24) is 4.90 Å². The Balaban J connectivity index is 2.02. The average molecular weight is 260 g/mol. The molecule has 0 radical (unpaired) electrons. The van der Waals surface area contributed by atoms with Gasteiger partial charge in [0.1, 0.15) is 0 Å². The van der Waals surface area contributed by atoms with E-state index < -0.39 is 0 Å². The molecular weight excluding hydrogens is 236 g/mol. The van der Waals surface area contributed by atoms with Crippen LogP contribution < -0.4 is 4.90 Å². The van der Waals surface area contributed by atoms with Gasteiger partial charge in [0.2, 0.25) is 5.91 Å². The molecule has 3 heteroatoms. The van der Waals surface area contributed by atoms with Crippen molar-refractivity contribution in [1.29, 1.82) is 0 Å². The number of amides is 1. The van der Waals surface area contributed by atoms with Gasteiger partial charge in [-0.2, -0.15) is 0 Å². The van der Waals surface area contributed by atoms with Crippen molar-refractivity contribution in [2.45, 2.75) is 33.1 Å². The number of hydrogen-bond acceptors (Lipinski definition) is 2. The van der Waals surface area contributed by atoms with Crippen LogP contribution in [0.4, 0.5) is 5.69 Å². The molecule has 1 aliphatic rings. The monoisotopic (exact) mass is 260 g/mol. The average Bonchev–Trinajstić information content (AvgIpc) is 2.38. The van der Waals surface area contributed by atoms with E-state index in [1.165, 1.54) is 11.3 Å². The van der Waals surface area contributed by atoms with Crippen LogP contribution >= 0.6 is 0 Å². The fourth-order valence-corrected chi connectivity index (χ4v) is 2.45. The summed E-state index contributed by atoms with van der Waals surface area (Å²) in [6.45, 7) is 11.8. The highest BCUT2D eigenvalue weighted by Crippen LogP contribution is 2.25. The van der Waals surface area contributed by atoms with E-state index in [2.05, 4.69) is 49.9 Å². The Morgan fingerprint density at radius 1 is 1.00 bits per heavy atom. The second kappa shape index (κ2) is 5.24. The van der Waals surface area contributed by atoms with E-state index in [-0.39, 0.29) is 11.3 Å². The first-order valence-electron chi connectivity index (χ1n) is 6.99. The summed E-state index contributed by atoms with van der Waals surface area (Å²) < 4.78 is 0. The summed E-state index contributed by atoms with van der Waals surface area (Å²) >= 11 is 0. The normalized spacial score (nSPS) is 16.6. The predicted molar refractivity (Wildman–Crippen MR) is 79.6 cm³/mol. The first-order chi connectivity index (χ1) is 8.88. The van der Waals surface area contributed by atoms with Crippen LogP contribution in [-0.4, -0.2) is 37.0 Å². The van der Waals surface area contributed by atoms with Gasteiger partial charge >= 0.3 is 0 Å². The molecule has 0 bridgehead atoms. The molecule has 1 amide bonds. The Kier molecular flexibility index (Phi) is 3.83. The highest BCUT2D eigenvalue weighted by molar-refractivity contribution is 5.73. The molecule has 0 N–H and O–H groups in total. The molecule has 104 valence electrons. The Morgan fingerprint density at radius 3 is 1.95 bits per heavy atom. The van der Waals surface area contributed by atoms with E-state index in [0.717, 1.165) is 26.2 Å². The first kappa shape index (κ1) is 13.9. The van der Waals surface area contributed by atoms with Crippen LogP contribution in [0.2, 0.25) is 0 Å². The zero-order valence-corrected chi connectivity index (χ0v) is 12.4. The zero-order valence-electron chi connectivity index (χ0n) is 12.4. The van der Waals surface area contributed by atoms with E-state index in [1.54, 1.807) is 6.92 Å². The smallest absolute Gasteiger partial charge is 0.219 e. The lowest BCUT2D eigenvalue weighted by Gasteiger charge is -2.35. The van der Waals surface area contributed by atoms with E-state index in [4.69, 9.17) is 0 Å². The van der Waals surface area contributed by atoms with Gasteiger partial charge < -0.3 is 9.80 Å². The predicted octanol–water partition coefficient (Wildman–Crippen LogP) is 2.65. The fourth-order valence-electron chi connectivity index (χ4n) is 2.45. The largest absolute Gasteiger partial charge is 0.368 e. The summed E-state index contributed by atoms with van der Waals surface area (Å²) in [7, 11) is 0. The summed E-state index contributed by atoms with van der Waals surface area (Å²) in [4.78, 5) is 15.6. The van der Waals surface area contributed by atoms with Crippen LogP contribution in [0.1, 0.15) is 33.3 Å². The number of carbonyl (C=O) groups excluding carboxylic acids is 1. The molecule has 19 heavy (non-hydrogen) atoms. The van der Waals surface area contributed by atoms with E-state index in [1.807, 2.05) is 4.90 Å². The SMILES string of the molecule is CC(=O)N1CCN(c2ccc(C(C)(C)C)cc2)CC1. The van der Waals surface area contributed by atoms with Gasteiger partial charge in [-0.15, -0.1) is 0 Å². The van der Waals surface area contributed by atoms with Gasteiger partial charge in [-0.25, -0.2) is 0 Å². The molecule has 1 aromatic rings. The molecule has 1 aliphatic heterocycles. The van der Waals surface area contributed by atoms with Crippen molar-refractivity contribution < 1.29 is 4.79 Å². The minimum absolute atomic E-state index is 0.183. The van der Waals surface area contributed by atoms with Crippen molar-refractivity contribution in [3.05, 3.63) is 29.8 Å². The molecule has 0 saturated carbocycles. The number of hydrogen-bond donors (Lipinski definition) is 0. The fraction of sp³-hybridized carbons (Fsp3) is 0.562. The van der Waals surface area contributed by atoms with Crippen molar-refractivity contribution in [2.24, 2.45) is 0 Å². The lowest BCUT2D eigenvalue weighted by molar-refractivity contribution is -0.129. The molecule has 1 heterocycles. The van der Waals surface area contributed by atoms with Gasteiger partial charge in [0.15, 0.2) is 0 Å². The minimum atomic E-state index is 0.183.